The van der Waals surface area contributed by atoms with Crippen LogP contribution in [0.2, 0.25) is 10.0 Å². The highest BCUT2D eigenvalue weighted by Crippen LogP contribution is 2.41. The van der Waals surface area contributed by atoms with Crippen molar-refractivity contribution in [1.29, 1.82) is 0 Å². The smallest absolute Gasteiger partial charge is 0.138 e. The van der Waals surface area contributed by atoms with Gasteiger partial charge in [0, 0.05) is 17.1 Å². The fraction of sp³-hybridized carbons (Fsp3) is 0.600. The molecule has 1 aliphatic rings. The van der Waals surface area contributed by atoms with Crippen molar-refractivity contribution in [3.8, 4) is 5.75 Å². The van der Waals surface area contributed by atoms with Crippen LogP contribution >= 0.6 is 23.2 Å². The Morgan fingerprint density at radius 1 is 1.32 bits per heavy atom. The summed E-state index contributed by atoms with van der Waals surface area (Å²) in [6.45, 7) is 3.17. The van der Waals surface area contributed by atoms with E-state index in [0.29, 0.717) is 16.8 Å². The first-order valence-electron chi connectivity index (χ1n) is 6.92. The van der Waals surface area contributed by atoms with Crippen molar-refractivity contribution in [2.45, 2.75) is 38.6 Å². The summed E-state index contributed by atoms with van der Waals surface area (Å²) in [6, 6.07) is 4.05. The van der Waals surface area contributed by atoms with Gasteiger partial charge in [-0.2, -0.15) is 0 Å². The zero-order chi connectivity index (χ0) is 13.8. The van der Waals surface area contributed by atoms with Gasteiger partial charge in [0.2, 0.25) is 0 Å². The van der Waals surface area contributed by atoms with Crippen molar-refractivity contribution in [1.82, 2.24) is 5.32 Å². The molecule has 0 heterocycles. The van der Waals surface area contributed by atoms with Gasteiger partial charge in [-0.1, -0.05) is 43.0 Å². The molecule has 0 spiro atoms. The van der Waals surface area contributed by atoms with Crippen molar-refractivity contribution in [2.24, 2.45) is 5.92 Å². The standard InChI is InChI=1S/C15H21Cl2NO/c1-3-6-18-14(7-10-4-5-10)11-8-13(17)15(19-2)9-12(11)16/h8-10,14,18H,3-7H2,1-2H3. The number of methoxy groups -OCH3 is 1. The molecule has 0 bridgehead atoms. The SMILES string of the molecule is CCCNC(CC1CC1)c1cc(Cl)c(OC)cc1Cl. The summed E-state index contributed by atoms with van der Waals surface area (Å²) >= 11 is 12.6. The largest absolute Gasteiger partial charge is 0.495 e. The molecule has 2 rings (SSSR count). The molecule has 1 aromatic rings. The molecular weight excluding hydrogens is 281 g/mol. The molecule has 0 radical (unpaired) electrons. The van der Waals surface area contributed by atoms with Crippen LogP contribution in [0.4, 0.5) is 0 Å². The lowest BCUT2D eigenvalue weighted by Crippen LogP contribution is -2.23. The van der Waals surface area contributed by atoms with Crippen molar-refractivity contribution in [3.63, 3.8) is 0 Å². The lowest BCUT2D eigenvalue weighted by Gasteiger charge is -2.21. The maximum absolute atomic E-state index is 6.38. The highest BCUT2D eigenvalue weighted by atomic mass is 35.5. The van der Waals surface area contributed by atoms with Crippen LogP contribution in [-0.2, 0) is 0 Å². The Kier molecular flexibility index (Phi) is 5.37. The van der Waals surface area contributed by atoms with Crippen molar-refractivity contribution < 1.29 is 4.74 Å². The summed E-state index contributed by atoms with van der Waals surface area (Å²) in [5.74, 6) is 1.47. The first kappa shape index (κ1) is 15.0. The molecule has 0 aromatic heterocycles. The average molecular weight is 302 g/mol. The summed E-state index contributed by atoms with van der Waals surface area (Å²) in [5.41, 5.74) is 1.09. The molecule has 0 amide bonds. The van der Waals surface area contributed by atoms with E-state index < -0.39 is 0 Å². The van der Waals surface area contributed by atoms with E-state index >= 15 is 0 Å². The zero-order valence-corrected chi connectivity index (χ0v) is 13.0. The van der Waals surface area contributed by atoms with Crippen LogP contribution in [0.5, 0.6) is 5.75 Å². The summed E-state index contributed by atoms with van der Waals surface area (Å²) in [6.07, 6.45) is 4.93. The summed E-state index contributed by atoms with van der Waals surface area (Å²) < 4.78 is 5.20. The Labute approximate surface area is 125 Å². The van der Waals surface area contributed by atoms with E-state index in [0.717, 1.165) is 35.9 Å². The van der Waals surface area contributed by atoms with E-state index in [1.165, 1.54) is 12.8 Å². The average Bonchev–Trinajstić information content (AvgIpc) is 3.21. The fourth-order valence-corrected chi connectivity index (χ4v) is 2.83. The van der Waals surface area contributed by atoms with Crippen LogP contribution < -0.4 is 10.1 Å². The fourth-order valence-electron chi connectivity index (χ4n) is 2.29. The van der Waals surface area contributed by atoms with Crippen LogP contribution in [0.1, 0.15) is 44.2 Å². The number of halogens is 2. The van der Waals surface area contributed by atoms with Gasteiger partial charge in [-0.25, -0.2) is 0 Å². The van der Waals surface area contributed by atoms with Gasteiger partial charge in [-0.15, -0.1) is 0 Å². The molecule has 1 N–H and O–H groups in total. The lowest BCUT2D eigenvalue weighted by atomic mass is 10.0. The molecule has 1 aliphatic carbocycles. The lowest BCUT2D eigenvalue weighted by molar-refractivity contribution is 0.414. The van der Waals surface area contributed by atoms with Crippen molar-refractivity contribution in [3.05, 3.63) is 27.7 Å². The van der Waals surface area contributed by atoms with Crippen LogP contribution in [0, 0.1) is 5.92 Å². The predicted molar refractivity (Wildman–Crippen MR) is 81.4 cm³/mol. The van der Waals surface area contributed by atoms with E-state index in [4.69, 9.17) is 27.9 Å². The Hall–Kier alpha value is -0.440. The maximum atomic E-state index is 6.38. The molecule has 1 fully saturated rings. The highest BCUT2D eigenvalue weighted by molar-refractivity contribution is 6.34. The van der Waals surface area contributed by atoms with E-state index in [1.54, 1.807) is 7.11 Å². The van der Waals surface area contributed by atoms with Crippen molar-refractivity contribution >= 4 is 23.2 Å². The van der Waals surface area contributed by atoms with E-state index in [9.17, 15) is 0 Å². The second kappa shape index (κ2) is 6.83. The third-order valence-electron chi connectivity index (χ3n) is 3.55. The van der Waals surface area contributed by atoms with E-state index in [-0.39, 0.29) is 0 Å². The number of ether oxygens (including phenoxy) is 1. The molecule has 1 aromatic carbocycles. The van der Waals surface area contributed by atoms with Crippen LogP contribution in [0.3, 0.4) is 0 Å². The molecule has 0 aliphatic heterocycles. The quantitative estimate of drug-likeness (QED) is 0.778. The first-order valence-corrected chi connectivity index (χ1v) is 7.67. The van der Waals surface area contributed by atoms with Crippen LogP contribution in [0.25, 0.3) is 0 Å². The summed E-state index contributed by atoms with van der Waals surface area (Å²) in [7, 11) is 1.61. The minimum absolute atomic E-state index is 0.295. The number of hydrogen-bond acceptors (Lipinski definition) is 2. The highest BCUT2D eigenvalue weighted by Gasteiger charge is 2.27. The summed E-state index contributed by atoms with van der Waals surface area (Å²) in [4.78, 5) is 0. The maximum Gasteiger partial charge on any atom is 0.138 e. The van der Waals surface area contributed by atoms with Gasteiger partial charge in [-0.3, -0.25) is 0 Å². The van der Waals surface area contributed by atoms with Gasteiger partial charge in [0.25, 0.3) is 0 Å². The topological polar surface area (TPSA) is 21.3 Å². The number of nitrogens with one attached hydrogen (secondary N) is 1. The first-order chi connectivity index (χ1) is 9.15. The van der Waals surface area contributed by atoms with Gasteiger partial charge < -0.3 is 10.1 Å². The van der Waals surface area contributed by atoms with Gasteiger partial charge >= 0.3 is 0 Å². The van der Waals surface area contributed by atoms with Gasteiger partial charge in [0.15, 0.2) is 0 Å². The molecule has 4 heteroatoms. The van der Waals surface area contributed by atoms with Gasteiger partial charge in [-0.05, 0) is 36.9 Å². The van der Waals surface area contributed by atoms with Crippen LogP contribution in [0.15, 0.2) is 12.1 Å². The summed E-state index contributed by atoms with van der Waals surface area (Å²) in [5, 5.41) is 4.94. The zero-order valence-electron chi connectivity index (χ0n) is 11.5. The monoisotopic (exact) mass is 301 g/mol. The minimum atomic E-state index is 0.295. The molecule has 1 unspecified atom stereocenters. The second-order valence-electron chi connectivity index (χ2n) is 5.19. The molecule has 1 atom stereocenters. The molecule has 106 valence electrons. The van der Waals surface area contributed by atoms with E-state index in [2.05, 4.69) is 12.2 Å². The number of hydrogen-bond donors (Lipinski definition) is 1. The van der Waals surface area contributed by atoms with Crippen molar-refractivity contribution in [2.75, 3.05) is 13.7 Å². The predicted octanol–water partition coefficient (Wildman–Crippen LogP) is 4.84. The number of benzene rings is 1. The third kappa shape index (κ3) is 4.01. The Morgan fingerprint density at radius 2 is 2.05 bits per heavy atom. The minimum Gasteiger partial charge on any atom is -0.495 e. The molecule has 19 heavy (non-hydrogen) atoms. The third-order valence-corrected chi connectivity index (χ3v) is 4.18. The normalized spacial score (nSPS) is 16.4. The Balaban J connectivity index is 2.20. The van der Waals surface area contributed by atoms with E-state index in [1.807, 2.05) is 12.1 Å². The molecule has 2 nitrogen and oxygen atoms in total. The Bertz CT molecular complexity index is 432. The number of rotatable bonds is 7. The molecule has 0 saturated heterocycles. The van der Waals surface area contributed by atoms with Gasteiger partial charge in [0.1, 0.15) is 5.75 Å². The second-order valence-corrected chi connectivity index (χ2v) is 6.01. The van der Waals surface area contributed by atoms with Gasteiger partial charge in [0.05, 0.1) is 12.1 Å². The molecule has 1 saturated carbocycles. The van der Waals surface area contributed by atoms with Crippen LogP contribution in [-0.4, -0.2) is 13.7 Å². The molecular formula is C15H21Cl2NO. The Morgan fingerprint density at radius 3 is 2.63 bits per heavy atom.